The van der Waals surface area contributed by atoms with Gasteiger partial charge >= 0.3 is 0 Å². The largest absolute Gasteiger partial charge is 0.370 e. The Hall–Kier alpha value is -2.93. The molecule has 7 nitrogen and oxygen atoms in total. The van der Waals surface area contributed by atoms with E-state index >= 15 is 0 Å². The maximum Gasteiger partial charge on any atom is 0.289 e. The van der Waals surface area contributed by atoms with E-state index in [1.165, 1.54) is 23.4 Å². The lowest BCUT2D eigenvalue weighted by molar-refractivity contribution is 0.0379. The maximum atomic E-state index is 12.0. The highest BCUT2D eigenvalue weighted by molar-refractivity contribution is 5.91. The number of hydrogen-bond acceptors (Lipinski definition) is 5. The molecule has 0 fully saturated rings. The molecule has 25 heavy (non-hydrogen) atoms. The van der Waals surface area contributed by atoms with Crippen LogP contribution in [0, 0.1) is 0 Å². The predicted octanol–water partition coefficient (Wildman–Crippen LogP) is 1.96. The molecule has 1 N–H and O–H groups in total. The van der Waals surface area contributed by atoms with E-state index in [2.05, 4.69) is 33.9 Å². The summed E-state index contributed by atoms with van der Waals surface area (Å²) in [5.74, 6) is -0.123. The van der Waals surface area contributed by atoms with Crippen molar-refractivity contribution in [1.29, 1.82) is 0 Å². The van der Waals surface area contributed by atoms with Crippen molar-refractivity contribution in [2.24, 2.45) is 0 Å². The average molecular weight is 338 g/mol. The number of ether oxygens (including phenoxy) is 1. The Morgan fingerprint density at radius 1 is 1.28 bits per heavy atom. The summed E-state index contributed by atoms with van der Waals surface area (Å²) in [7, 11) is 0. The van der Waals surface area contributed by atoms with Gasteiger partial charge in [0.05, 0.1) is 25.0 Å². The molecule has 1 amide bonds. The van der Waals surface area contributed by atoms with Crippen LogP contribution in [0.2, 0.25) is 0 Å². The van der Waals surface area contributed by atoms with Crippen LogP contribution in [0.5, 0.6) is 0 Å². The molecule has 0 saturated heterocycles. The lowest BCUT2D eigenvalue weighted by Gasteiger charge is -2.21. The van der Waals surface area contributed by atoms with Crippen LogP contribution in [0.15, 0.2) is 53.3 Å². The first-order valence-electron chi connectivity index (χ1n) is 8.20. The minimum absolute atomic E-state index is 0.186. The molecule has 1 unspecified atom stereocenters. The molecular weight excluding hydrogens is 320 g/mol. The van der Waals surface area contributed by atoms with Gasteiger partial charge in [-0.15, -0.1) is 0 Å². The highest BCUT2D eigenvalue weighted by Crippen LogP contribution is 2.25. The van der Waals surface area contributed by atoms with Crippen molar-refractivity contribution < 1.29 is 14.1 Å². The van der Waals surface area contributed by atoms with Gasteiger partial charge in [-0.1, -0.05) is 35.5 Å². The molecule has 0 bridgehead atoms. The summed E-state index contributed by atoms with van der Waals surface area (Å²) in [6.45, 7) is 1.67. The average Bonchev–Trinajstić information content (AvgIpc) is 3.30. The van der Waals surface area contributed by atoms with Crippen LogP contribution in [-0.2, 0) is 17.7 Å². The van der Waals surface area contributed by atoms with Gasteiger partial charge in [-0.05, 0) is 17.5 Å². The second-order valence-electron chi connectivity index (χ2n) is 5.92. The van der Waals surface area contributed by atoms with Crippen LogP contribution < -0.4 is 5.32 Å². The molecule has 0 aliphatic carbocycles. The molecule has 128 valence electrons. The number of benzene rings is 1. The van der Waals surface area contributed by atoms with Crippen LogP contribution >= 0.6 is 0 Å². The zero-order valence-electron chi connectivity index (χ0n) is 13.6. The second kappa shape index (κ2) is 6.90. The van der Waals surface area contributed by atoms with Crippen molar-refractivity contribution in [2.45, 2.75) is 19.1 Å². The van der Waals surface area contributed by atoms with Crippen LogP contribution in [-0.4, -0.2) is 34.0 Å². The number of fused-ring (bicyclic) bond motifs is 1. The van der Waals surface area contributed by atoms with Gasteiger partial charge in [-0.25, -0.2) is 0 Å². The standard InChI is InChI=1S/C18H18N4O3/c23-18(15-6-8-20-25-15)19-10-16-17-14(7-9-24-16)12-22(21-17)11-13-4-2-1-3-5-13/h1-6,8,12,16H,7,9-11H2,(H,19,23). The van der Waals surface area contributed by atoms with Gasteiger partial charge in [0.25, 0.3) is 5.91 Å². The van der Waals surface area contributed by atoms with Crippen molar-refractivity contribution in [1.82, 2.24) is 20.3 Å². The highest BCUT2D eigenvalue weighted by Gasteiger charge is 2.25. The van der Waals surface area contributed by atoms with E-state index in [1.807, 2.05) is 22.9 Å². The highest BCUT2D eigenvalue weighted by atomic mass is 16.5. The molecule has 1 aromatic carbocycles. The van der Waals surface area contributed by atoms with Crippen molar-refractivity contribution in [3.63, 3.8) is 0 Å². The number of rotatable bonds is 5. The molecule has 3 heterocycles. The van der Waals surface area contributed by atoms with Crippen LogP contribution in [0.3, 0.4) is 0 Å². The number of carbonyl (C=O) groups is 1. The van der Waals surface area contributed by atoms with Crippen LogP contribution in [0.25, 0.3) is 0 Å². The lowest BCUT2D eigenvalue weighted by Crippen LogP contribution is -2.31. The van der Waals surface area contributed by atoms with Crippen molar-refractivity contribution in [3.05, 3.63) is 71.4 Å². The summed E-state index contributed by atoms with van der Waals surface area (Å²) < 4.78 is 12.6. The molecule has 4 rings (SSSR count). The fourth-order valence-corrected chi connectivity index (χ4v) is 2.94. The Morgan fingerprint density at radius 3 is 2.96 bits per heavy atom. The van der Waals surface area contributed by atoms with E-state index < -0.39 is 0 Å². The molecule has 2 aromatic heterocycles. The molecule has 7 heteroatoms. The summed E-state index contributed by atoms with van der Waals surface area (Å²) in [5, 5.41) is 11.0. The van der Waals surface area contributed by atoms with Gasteiger partial charge in [-0.3, -0.25) is 9.48 Å². The summed E-state index contributed by atoms with van der Waals surface area (Å²) in [5.41, 5.74) is 3.25. The van der Waals surface area contributed by atoms with E-state index in [0.29, 0.717) is 19.7 Å². The van der Waals surface area contributed by atoms with Gasteiger partial charge < -0.3 is 14.6 Å². The van der Waals surface area contributed by atoms with E-state index in [1.54, 1.807) is 0 Å². The second-order valence-corrected chi connectivity index (χ2v) is 5.92. The van der Waals surface area contributed by atoms with E-state index in [-0.39, 0.29) is 17.8 Å². The SMILES string of the molecule is O=C(NCC1OCCc2cn(Cc3ccccc3)nc21)c1ccno1. The zero-order valence-corrected chi connectivity index (χ0v) is 13.6. The topological polar surface area (TPSA) is 82.2 Å². The Bertz CT molecular complexity index is 843. The number of carbonyl (C=O) groups excluding carboxylic acids is 1. The molecule has 0 spiro atoms. The number of nitrogens with zero attached hydrogens (tertiary/aromatic N) is 3. The molecule has 3 aromatic rings. The first-order chi connectivity index (χ1) is 12.3. The molecular formula is C18H18N4O3. The number of hydrogen-bond donors (Lipinski definition) is 1. The summed E-state index contributed by atoms with van der Waals surface area (Å²) in [4.78, 5) is 12.0. The fraction of sp³-hybridized carbons (Fsp3) is 0.278. The van der Waals surface area contributed by atoms with E-state index in [4.69, 9.17) is 9.26 Å². The first kappa shape index (κ1) is 15.6. The van der Waals surface area contributed by atoms with Gasteiger partial charge in [0.15, 0.2) is 0 Å². The third kappa shape index (κ3) is 3.46. The fourth-order valence-electron chi connectivity index (χ4n) is 2.94. The monoisotopic (exact) mass is 338 g/mol. The van der Waals surface area contributed by atoms with Crippen molar-refractivity contribution in [2.75, 3.05) is 13.2 Å². The van der Waals surface area contributed by atoms with E-state index in [0.717, 1.165) is 12.1 Å². The zero-order chi connectivity index (χ0) is 17.1. The Kier molecular flexibility index (Phi) is 4.30. The molecule has 1 aliphatic rings. The Balaban J connectivity index is 1.45. The normalized spacial score (nSPS) is 16.4. The molecule has 0 saturated carbocycles. The van der Waals surface area contributed by atoms with Crippen molar-refractivity contribution >= 4 is 5.91 Å². The third-order valence-electron chi connectivity index (χ3n) is 4.16. The first-order valence-corrected chi connectivity index (χ1v) is 8.20. The summed E-state index contributed by atoms with van der Waals surface area (Å²) >= 11 is 0. The van der Waals surface area contributed by atoms with Crippen LogP contribution in [0.4, 0.5) is 0 Å². The summed E-state index contributed by atoms with van der Waals surface area (Å²) in [6, 6.07) is 11.7. The number of aromatic nitrogens is 3. The lowest BCUT2D eigenvalue weighted by atomic mass is 10.1. The van der Waals surface area contributed by atoms with Crippen molar-refractivity contribution in [3.8, 4) is 0 Å². The van der Waals surface area contributed by atoms with Gasteiger partial charge in [0.1, 0.15) is 6.10 Å². The van der Waals surface area contributed by atoms with Crippen LogP contribution in [0.1, 0.15) is 33.5 Å². The number of amides is 1. The third-order valence-corrected chi connectivity index (χ3v) is 4.16. The minimum atomic E-state index is -0.308. The van der Waals surface area contributed by atoms with Gasteiger partial charge in [-0.2, -0.15) is 5.10 Å². The molecule has 0 radical (unpaired) electrons. The molecule has 1 atom stereocenters. The smallest absolute Gasteiger partial charge is 0.289 e. The number of nitrogens with one attached hydrogen (secondary N) is 1. The summed E-state index contributed by atoms with van der Waals surface area (Å²) in [6.07, 6.45) is 4.08. The Labute approximate surface area is 144 Å². The Morgan fingerprint density at radius 2 is 2.16 bits per heavy atom. The maximum absolute atomic E-state index is 12.0. The van der Waals surface area contributed by atoms with E-state index in [9.17, 15) is 4.79 Å². The van der Waals surface area contributed by atoms with Gasteiger partial charge in [0.2, 0.25) is 5.76 Å². The van der Waals surface area contributed by atoms with Gasteiger partial charge in [0, 0.05) is 18.8 Å². The quantitative estimate of drug-likeness (QED) is 0.769. The molecule has 1 aliphatic heterocycles. The minimum Gasteiger partial charge on any atom is -0.370 e. The predicted molar refractivity (Wildman–Crippen MR) is 89.0 cm³/mol.